The van der Waals surface area contributed by atoms with Gasteiger partial charge in [0.05, 0.1) is 0 Å². The number of benzene rings is 1. The van der Waals surface area contributed by atoms with Crippen LogP contribution in [0.3, 0.4) is 0 Å². The van der Waals surface area contributed by atoms with Crippen molar-refractivity contribution in [2.45, 2.75) is 12.8 Å². The predicted molar refractivity (Wildman–Crippen MR) is 62.1 cm³/mol. The Morgan fingerprint density at radius 1 is 1.20 bits per heavy atom. The molecule has 1 heterocycles. The molecule has 2 aromatic rings. The van der Waals surface area contributed by atoms with Gasteiger partial charge in [0.15, 0.2) is 0 Å². The summed E-state index contributed by atoms with van der Waals surface area (Å²) in [5.74, 6) is 1.69. The van der Waals surface area contributed by atoms with E-state index < -0.39 is 0 Å². The molecule has 0 amide bonds. The van der Waals surface area contributed by atoms with Crippen molar-refractivity contribution in [3.05, 3.63) is 65.4 Å². The summed E-state index contributed by atoms with van der Waals surface area (Å²) in [6.07, 6.45) is 0. The van der Waals surface area contributed by atoms with Gasteiger partial charge in [-0.15, -0.1) is 0 Å². The molecule has 0 spiro atoms. The standard InChI is InChI=1S/C13H12ClO/c1-9-7-8-13(15-9)10(2)11-5-3-4-6-12(11)14/h3-8,10H,2H2,1H3. The number of aryl methyl sites for hydroxylation is 1. The molecule has 77 valence electrons. The van der Waals surface area contributed by atoms with Crippen molar-refractivity contribution in [2.75, 3.05) is 0 Å². The molecule has 0 aliphatic carbocycles. The molecule has 0 N–H and O–H groups in total. The average molecular weight is 220 g/mol. The molecule has 15 heavy (non-hydrogen) atoms. The molecule has 0 saturated carbocycles. The summed E-state index contributed by atoms with van der Waals surface area (Å²) in [4.78, 5) is 0. The van der Waals surface area contributed by atoms with Crippen LogP contribution in [0, 0.1) is 13.8 Å². The first-order valence-electron chi connectivity index (χ1n) is 4.82. The number of hydrogen-bond acceptors (Lipinski definition) is 1. The third kappa shape index (κ3) is 2.07. The van der Waals surface area contributed by atoms with Gasteiger partial charge in [0, 0.05) is 10.9 Å². The second kappa shape index (κ2) is 4.11. The van der Waals surface area contributed by atoms with Crippen molar-refractivity contribution in [3.63, 3.8) is 0 Å². The average Bonchev–Trinajstić information content (AvgIpc) is 2.65. The Morgan fingerprint density at radius 2 is 1.93 bits per heavy atom. The van der Waals surface area contributed by atoms with Crippen molar-refractivity contribution < 1.29 is 4.42 Å². The van der Waals surface area contributed by atoms with Crippen molar-refractivity contribution in [3.8, 4) is 0 Å². The minimum atomic E-state index is -0.0487. The van der Waals surface area contributed by atoms with Gasteiger partial charge in [0.2, 0.25) is 0 Å². The number of furan rings is 1. The predicted octanol–water partition coefficient (Wildman–Crippen LogP) is 4.21. The van der Waals surface area contributed by atoms with Gasteiger partial charge in [0.25, 0.3) is 0 Å². The molecule has 0 fully saturated rings. The Balaban J connectivity index is 2.36. The summed E-state index contributed by atoms with van der Waals surface area (Å²) in [5, 5.41) is 0.728. The van der Waals surface area contributed by atoms with Crippen molar-refractivity contribution in [1.82, 2.24) is 0 Å². The quantitative estimate of drug-likeness (QED) is 0.738. The largest absolute Gasteiger partial charge is 0.466 e. The van der Waals surface area contributed by atoms with E-state index in [9.17, 15) is 0 Å². The van der Waals surface area contributed by atoms with Gasteiger partial charge in [-0.2, -0.15) is 0 Å². The third-order valence-corrected chi connectivity index (χ3v) is 2.73. The molecule has 1 nitrogen and oxygen atoms in total. The zero-order valence-corrected chi connectivity index (χ0v) is 9.29. The van der Waals surface area contributed by atoms with Gasteiger partial charge in [0.1, 0.15) is 11.5 Å². The molecule has 2 rings (SSSR count). The lowest BCUT2D eigenvalue weighted by Crippen LogP contribution is -1.95. The number of hydrogen-bond donors (Lipinski definition) is 0. The van der Waals surface area contributed by atoms with Gasteiger partial charge >= 0.3 is 0 Å². The van der Waals surface area contributed by atoms with Crippen molar-refractivity contribution in [1.29, 1.82) is 0 Å². The van der Waals surface area contributed by atoms with Gasteiger partial charge in [-0.1, -0.05) is 29.8 Å². The molecule has 1 unspecified atom stereocenters. The smallest absolute Gasteiger partial charge is 0.111 e. The van der Waals surface area contributed by atoms with E-state index >= 15 is 0 Å². The number of halogens is 1. The maximum Gasteiger partial charge on any atom is 0.111 e. The van der Waals surface area contributed by atoms with E-state index in [2.05, 4.69) is 6.92 Å². The van der Waals surface area contributed by atoms with Gasteiger partial charge < -0.3 is 4.42 Å². The molecule has 0 aliphatic rings. The van der Waals surface area contributed by atoms with Crippen LogP contribution in [0.4, 0.5) is 0 Å². The molecule has 0 aliphatic heterocycles. The highest BCUT2D eigenvalue weighted by atomic mass is 35.5. The topological polar surface area (TPSA) is 13.1 Å². The van der Waals surface area contributed by atoms with E-state index in [4.69, 9.17) is 16.0 Å². The zero-order chi connectivity index (χ0) is 10.8. The maximum atomic E-state index is 6.09. The van der Waals surface area contributed by atoms with Crippen LogP contribution in [0.5, 0.6) is 0 Å². The Hall–Kier alpha value is -1.21. The molecule has 1 aromatic carbocycles. The fourth-order valence-corrected chi connectivity index (χ4v) is 1.82. The second-order valence-electron chi connectivity index (χ2n) is 3.52. The second-order valence-corrected chi connectivity index (χ2v) is 3.93. The van der Waals surface area contributed by atoms with Gasteiger partial charge in [-0.25, -0.2) is 0 Å². The van der Waals surface area contributed by atoms with E-state index in [0.717, 1.165) is 22.1 Å². The zero-order valence-electron chi connectivity index (χ0n) is 8.53. The Bertz CT molecular complexity index is 459. The summed E-state index contributed by atoms with van der Waals surface area (Å²) in [7, 11) is 0. The first-order valence-corrected chi connectivity index (χ1v) is 5.20. The summed E-state index contributed by atoms with van der Waals surface area (Å²) in [5.41, 5.74) is 0.994. The highest BCUT2D eigenvalue weighted by molar-refractivity contribution is 6.31. The minimum Gasteiger partial charge on any atom is -0.466 e. The summed E-state index contributed by atoms with van der Waals surface area (Å²) in [6.45, 7) is 5.99. The SMILES string of the molecule is [CH2]C(c1ccc(C)o1)c1ccccc1Cl. The lowest BCUT2D eigenvalue weighted by molar-refractivity contribution is 0.480. The molecule has 1 aromatic heterocycles. The van der Waals surface area contributed by atoms with Gasteiger partial charge in [-0.05, 0) is 37.6 Å². The Morgan fingerprint density at radius 3 is 2.53 bits per heavy atom. The monoisotopic (exact) mass is 219 g/mol. The lowest BCUT2D eigenvalue weighted by atomic mass is 9.99. The highest BCUT2D eigenvalue weighted by Gasteiger charge is 2.14. The van der Waals surface area contributed by atoms with Crippen LogP contribution >= 0.6 is 11.6 Å². The minimum absolute atomic E-state index is 0.0487. The summed E-state index contributed by atoms with van der Waals surface area (Å²) < 4.78 is 5.53. The molecule has 1 atom stereocenters. The molecular formula is C13H12ClO. The van der Waals surface area contributed by atoms with Crippen LogP contribution < -0.4 is 0 Å². The van der Waals surface area contributed by atoms with E-state index in [0.29, 0.717) is 0 Å². The fourth-order valence-electron chi connectivity index (χ4n) is 1.55. The highest BCUT2D eigenvalue weighted by Crippen LogP contribution is 2.30. The van der Waals surface area contributed by atoms with Crippen LogP contribution in [0.2, 0.25) is 5.02 Å². The first kappa shape index (κ1) is 10.3. The Labute approximate surface area is 94.7 Å². The fraction of sp³-hybridized carbons (Fsp3) is 0.154. The third-order valence-electron chi connectivity index (χ3n) is 2.39. The van der Waals surface area contributed by atoms with Crippen LogP contribution in [-0.2, 0) is 0 Å². The van der Waals surface area contributed by atoms with Crippen molar-refractivity contribution >= 4 is 11.6 Å². The van der Waals surface area contributed by atoms with Crippen LogP contribution in [0.15, 0.2) is 40.8 Å². The van der Waals surface area contributed by atoms with Crippen LogP contribution in [0.1, 0.15) is 23.0 Å². The van der Waals surface area contributed by atoms with E-state index in [1.165, 1.54) is 0 Å². The molecule has 0 saturated heterocycles. The molecule has 0 bridgehead atoms. The van der Waals surface area contributed by atoms with E-state index in [-0.39, 0.29) is 5.92 Å². The van der Waals surface area contributed by atoms with E-state index in [1.54, 1.807) is 0 Å². The molecule has 2 heteroatoms. The van der Waals surface area contributed by atoms with Crippen LogP contribution in [0.25, 0.3) is 0 Å². The molecule has 1 radical (unpaired) electrons. The summed E-state index contributed by atoms with van der Waals surface area (Å²) >= 11 is 6.09. The van der Waals surface area contributed by atoms with Crippen molar-refractivity contribution in [2.24, 2.45) is 0 Å². The first-order chi connectivity index (χ1) is 7.18. The maximum absolute atomic E-state index is 6.09. The van der Waals surface area contributed by atoms with E-state index in [1.807, 2.05) is 43.3 Å². The Kier molecular flexibility index (Phi) is 2.83. The van der Waals surface area contributed by atoms with Crippen LogP contribution in [-0.4, -0.2) is 0 Å². The lowest BCUT2D eigenvalue weighted by Gasteiger charge is -2.10. The normalized spacial score (nSPS) is 12.7. The summed E-state index contributed by atoms with van der Waals surface area (Å²) in [6, 6.07) is 11.6. The molecular weight excluding hydrogens is 208 g/mol. The van der Waals surface area contributed by atoms with Gasteiger partial charge in [-0.3, -0.25) is 0 Å². The number of rotatable bonds is 2.